The van der Waals surface area contributed by atoms with Crippen molar-refractivity contribution < 1.29 is 18.9 Å². The van der Waals surface area contributed by atoms with Crippen LogP contribution in [0.2, 0.25) is 0 Å². The summed E-state index contributed by atoms with van der Waals surface area (Å²) in [5, 5.41) is 0. The Morgan fingerprint density at radius 2 is 1.91 bits per heavy atom. The van der Waals surface area contributed by atoms with E-state index < -0.39 is 0 Å². The molecule has 0 atom stereocenters. The summed E-state index contributed by atoms with van der Waals surface area (Å²) in [7, 11) is 0. The number of esters is 1. The molecule has 1 amide bonds. The highest BCUT2D eigenvalue weighted by Gasteiger charge is 2.14. The zero-order chi connectivity index (χ0) is 15.8. The fraction of sp³-hybridized carbons (Fsp3) is 0.188. The zero-order valence-corrected chi connectivity index (χ0v) is 12.3. The third-order valence-electron chi connectivity index (χ3n) is 2.83. The van der Waals surface area contributed by atoms with Gasteiger partial charge in [0.25, 0.3) is 5.91 Å². The molecule has 1 aromatic carbocycles. The van der Waals surface area contributed by atoms with Crippen LogP contribution in [-0.4, -0.2) is 18.5 Å². The highest BCUT2D eigenvalue weighted by Crippen LogP contribution is 2.03. The van der Waals surface area contributed by atoms with E-state index in [0.717, 1.165) is 5.69 Å². The van der Waals surface area contributed by atoms with Gasteiger partial charge >= 0.3 is 5.97 Å². The van der Waals surface area contributed by atoms with Crippen LogP contribution in [0.25, 0.3) is 0 Å². The van der Waals surface area contributed by atoms with Crippen molar-refractivity contribution in [1.82, 2.24) is 5.43 Å². The number of hydrogen-bond donors (Lipinski definition) is 2. The zero-order valence-electron chi connectivity index (χ0n) is 12.3. The van der Waals surface area contributed by atoms with Gasteiger partial charge in [0.15, 0.2) is 12.4 Å². The molecular formula is C16H18N3O3+. The number of hydrazine groups is 1. The van der Waals surface area contributed by atoms with E-state index >= 15 is 0 Å². The molecule has 2 N–H and O–H groups in total. The van der Waals surface area contributed by atoms with Crippen LogP contribution in [0.5, 0.6) is 0 Å². The molecule has 0 saturated heterocycles. The molecule has 2 rings (SSSR count). The number of hydrogen-bond acceptors (Lipinski definition) is 4. The van der Waals surface area contributed by atoms with E-state index in [-0.39, 0.29) is 18.4 Å². The molecule has 6 nitrogen and oxygen atoms in total. The van der Waals surface area contributed by atoms with Crippen LogP contribution >= 0.6 is 0 Å². The number of anilines is 1. The smallest absolute Gasteiger partial charge is 0.372 e. The molecule has 0 fully saturated rings. The maximum absolute atomic E-state index is 12.1. The highest BCUT2D eigenvalue weighted by molar-refractivity contribution is 5.94. The van der Waals surface area contributed by atoms with Gasteiger partial charge in [-0.15, -0.1) is 0 Å². The van der Waals surface area contributed by atoms with Crippen molar-refractivity contribution in [2.45, 2.75) is 13.5 Å². The van der Waals surface area contributed by atoms with Crippen LogP contribution < -0.4 is 15.4 Å². The van der Waals surface area contributed by atoms with E-state index in [0.29, 0.717) is 12.2 Å². The van der Waals surface area contributed by atoms with Crippen LogP contribution in [0.15, 0.2) is 54.9 Å². The first-order valence-electron chi connectivity index (χ1n) is 6.95. The number of rotatable bonds is 6. The van der Waals surface area contributed by atoms with Gasteiger partial charge < -0.3 is 4.74 Å². The van der Waals surface area contributed by atoms with Crippen LogP contribution in [0.3, 0.4) is 0 Å². The fourth-order valence-corrected chi connectivity index (χ4v) is 1.83. The number of nitrogens with one attached hydrogen (secondary N) is 2. The Morgan fingerprint density at radius 3 is 2.64 bits per heavy atom. The van der Waals surface area contributed by atoms with Gasteiger partial charge in [0, 0.05) is 6.07 Å². The second-order valence-electron chi connectivity index (χ2n) is 4.52. The fourth-order valence-electron chi connectivity index (χ4n) is 1.83. The number of ether oxygens (including phenoxy) is 1. The normalized spacial score (nSPS) is 9.86. The van der Waals surface area contributed by atoms with Gasteiger partial charge in [0.1, 0.15) is 5.56 Å². The van der Waals surface area contributed by atoms with Gasteiger partial charge in [-0.2, -0.15) is 4.57 Å². The molecule has 114 valence electrons. The maximum atomic E-state index is 12.1. The van der Waals surface area contributed by atoms with E-state index in [1.54, 1.807) is 36.0 Å². The number of carbonyl (C=O) groups is 2. The van der Waals surface area contributed by atoms with E-state index in [2.05, 4.69) is 10.9 Å². The van der Waals surface area contributed by atoms with Gasteiger partial charge in [-0.3, -0.25) is 15.6 Å². The molecule has 6 heteroatoms. The van der Waals surface area contributed by atoms with Crippen molar-refractivity contribution in [3.8, 4) is 0 Å². The Hall–Kier alpha value is -2.89. The number of carbonyl (C=O) groups excluding carboxylic acids is 2. The number of aromatic nitrogens is 1. The summed E-state index contributed by atoms with van der Waals surface area (Å²) in [5.74, 6) is -0.630. The minimum atomic E-state index is -0.340. The topological polar surface area (TPSA) is 71.3 Å². The molecule has 0 aliphatic heterocycles. The minimum Gasteiger partial charge on any atom is -0.461 e. The molecule has 0 aliphatic rings. The molecule has 1 heterocycles. The Balaban J connectivity index is 1.96. The Morgan fingerprint density at radius 1 is 1.14 bits per heavy atom. The van der Waals surface area contributed by atoms with Crippen molar-refractivity contribution in [3.63, 3.8) is 0 Å². The molecule has 1 aromatic heterocycles. The minimum absolute atomic E-state index is 0.0705. The molecular weight excluding hydrogens is 282 g/mol. The van der Waals surface area contributed by atoms with Gasteiger partial charge in [-0.25, -0.2) is 4.79 Å². The number of pyridine rings is 1. The van der Waals surface area contributed by atoms with Crippen LogP contribution in [0.1, 0.15) is 17.3 Å². The van der Waals surface area contributed by atoms with Gasteiger partial charge in [0.2, 0.25) is 6.54 Å². The third kappa shape index (κ3) is 4.59. The lowest BCUT2D eigenvalue weighted by molar-refractivity contribution is -0.686. The summed E-state index contributed by atoms with van der Waals surface area (Å²) in [6.07, 6.45) is 3.30. The molecule has 0 aliphatic carbocycles. The molecule has 0 radical (unpaired) electrons. The second kappa shape index (κ2) is 7.78. The summed E-state index contributed by atoms with van der Waals surface area (Å²) in [5.41, 5.74) is 6.65. The lowest BCUT2D eigenvalue weighted by Gasteiger charge is -2.07. The molecule has 2 aromatic rings. The maximum Gasteiger partial charge on any atom is 0.372 e. The Kier molecular flexibility index (Phi) is 5.48. The van der Waals surface area contributed by atoms with Crippen molar-refractivity contribution in [2.75, 3.05) is 12.0 Å². The Labute approximate surface area is 128 Å². The highest BCUT2D eigenvalue weighted by atomic mass is 16.5. The quantitative estimate of drug-likeness (QED) is 0.479. The molecule has 0 saturated carbocycles. The second-order valence-corrected chi connectivity index (χ2v) is 4.52. The van der Waals surface area contributed by atoms with Crippen LogP contribution in [0, 0.1) is 0 Å². The predicted octanol–water partition coefficient (Wildman–Crippen LogP) is 1.29. The largest absolute Gasteiger partial charge is 0.461 e. The van der Waals surface area contributed by atoms with Gasteiger partial charge in [0.05, 0.1) is 12.3 Å². The monoisotopic (exact) mass is 300 g/mol. The van der Waals surface area contributed by atoms with Gasteiger partial charge in [-0.1, -0.05) is 18.2 Å². The van der Waals surface area contributed by atoms with Crippen LogP contribution in [-0.2, 0) is 16.1 Å². The number of nitrogens with zero attached hydrogens (tertiary/aromatic N) is 1. The molecule has 0 bridgehead atoms. The summed E-state index contributed by atoms with van der Waals surface area (Å²) in [6.45, 7) is 2.16. The first-order chi connectivity index (χ1) is 10.7. The number of para-hydroxylation sites is 1. The average molecular weight is 300 g/mol. The lowest BCUT2D eigenvalue weighted by Crippen LogP contribution is -2.40. The van der Waals surface area contributed by atoms with E-state index in [1.165, 1.54) is 0 Å². The van der Waals surface area contributed by atoms with E-state index in [4.69, 9.17) is 4.74 Å². The lowest BCUT2D eigenvalue weighted by atomic mass is 10.2. The van der Waals surface area contributed by atoms with E-state index in [1.807, 2.05) is 30.3 Å². The average Bonchev–Trinajstić information content (AvgIpc) is 2.54. The third-order valence-corrected chi connectivity index (χ3v) is 2.83. The number of amides is 1. The van der Waals surface area contributed by atoms with Crippen molar-refractivity contribution >= 4 is 17.6 Å². The summed E-state index contributed by atoms with van der Waals surface area (Å²) < 4.78 is 6.49. The summed E-state index contributed by atoms with van der Waals surface area (Å²) in [6, 6.07) is 12.7. The standard InChI is InChI=1S/C16H17N3O3/c1-2-22-15(20)12-19-10-6-7-13(11-19)16(21)18-17-14-8-4-3-5-9-14/h3-11,17H,2,12H2,1H3/p+1. The summed E-state index contributed by atoms with van der Waals surface area (Å²) >= 11 is 0. The van der Waals surface area contributed by atoms with Crippen molar-refractivity contribution in [3.05, 3.63) is 60.4 Å². The van der Waals surface area contributed by atoms with E-state index in [9.17, 15) is 9.59 Å². The first-order valence-corrected chi connectivity index (χ1v) is 6.95. The SMILES string of the molecule is CCOC(=O)C[n+]1cccc(C(=O)NNc2ccccc2)c1. The van der Waals surface area contributed by atoms with Crippen LogP contribution in [0.4, 0.5) is 5.69 Å². The molecule has 22 heavy (non-hydrogen) atoms. The summed E-state index contributed by atoms with van der Waals surface area (Å²) in [4.78, 5) is 23.5. The molecule has 0 spiro atoms. The van der Waals surface area contributed by atoms with Crippen molar-refractivity contribution in [1.29, 1.82) is 0 Å². The predicted molar refractivity (Wildman–Crippen MR) is 80.8 cm³/mol. The molecule has 0 unspecified atom stereocenters. The Bertz CT molecular complexity index is 644. The first kappa shape index (κ1) is 15.5. The number of benzene rings is 1. The van der Waals surface area contributed by atoms with Gasteiger partial charge in [-0.05, 0) is 25.1 Å². The van der Waals surface area contributed by atoms with Crippen molar-refractivity contribution in [2.24, 2.45) is 0 Å².